The maximum atomic E-state index is 5.62. The third-order valence-corrected chi connectivity index (χ3v) is 3.13. The van der Waals surface area contributed by atoms with Gasteiger partial charge in [-0.2, -0.15) is 5.10 Å². The van der Waals surface area contributed by atoms with Gasteiger partial charge in [0.25, 0.3) is 0 Å². The smallest absolute Gasteiger partial charge is 0.191 e. The molecule has 0 saturated heterocycles. The Balaban J connectivity index is 0.00000264. The topological polar surface area (TPSA) is 63.5 Å². The van der Waals surface area contributed by atoms with Crippen molar-refractivity contribution in [2.24, 2.45) is 4.99 Å². The Hall–Kier alpha value is -1.77. The van der Waals surface area contributed by atoms with Crippen LogP contribution in [-0.4, -0.2) is 35.9 Å². The number of halogens is 1. The zero-order valence-electron chi connectivity index (χ0n) is 13.5. The van der Waals surface area contributed by atoms with Gasteiger partial charge in [-0.1, -0.05) is 18.2 Å². The molecule has 2 aromatic rings. The Kier molecular flexibility index (Phi) is 9.11. The molecule has 0 bridgehead atoms. The van der Waals surface area contributed by atoms with Gasteiger partial charge < -0.3 is 15.4 Å². The van der Waals surface area contributed by atoms with Crippen molar-refractivity contribution in [3.63, 3.8) is 0 Å². The van der Waals surface area contributed by atoms with Crippen LogP contribution in [-0.2, 0) is 13.1 Å². The number of nitrogens with zero attached hydrogens (tertiary/aromatic N) is 3. The van der Waals surface area contributed by atoms with E-state index in [9.17, 15) is 0 Å². The van der Waals surface area contributed by atoms with Crippen LogP contribution in [0.25, 0.3) is 0 Å². The molecule has 1 aromatic carbocycles. The zero-order chi connectivity index (χ0) is 15.6. The molecule has 23 heavy (non-hydrogen) atoms. The largest absolute Gasteiger partial charge is 0.494 e. The van der Waals surface area contributed by atoms with Crippen molar-refractivity contribution in [2.75, 3.05) is 20.2 Å². The number of hydrogen-bond donors (Lipinski definition) is 2. The van der Waals surface area contributed by atoms with E-state index < -0.39 is 0 Å². The summed E-state index contributed by atoms with van der Waals surface area (Å²) in [5, 5.41) is 10.7. The first-order valence-electron chi connectivity index (χ1n) is 7.46. The minimum Gasteiger partial charge on any atom is -0.494 e. The summed E-state index contributed by atoms with van der Waals surface area (Å²) < 4.78 is 7.50. The Bertz CT molecular complexity index is 586. The van der Waals surface area contributed by atoms with Crippen molar-refractivity contribution in [3.05, 3.63) is 48.3 Å². The quantitative estimate of drug-likeness (QED) is 0.403. The van der Waals surface area contributed by atoms with E-state index in [1.807, 2.05) is 42.1 Å². The summed E-state index contributed by atoms with van der Waals surface area (Å²) in [6.07, 6.45) is 3.72. The number of aromatic nitrogens is 2. The van der Waals surface area contributed by atoms with Gasteiger partial charge in [0.2, 0.25) is 0 Å². The second-order valence-corrected chi connectivity index (χ2v) is 4.66. The molecule has 1 heterocycles. The normalized spacial score (nSPS) is 10.8. The molecule has 1 aromatic heterocycles. The summed E-state index contributed by atoms with van der Waals surface area (Å²) >= 11 is 0. The van der Waals surface area contributed by atoms with E-state index in [0.29, 0.717) is 13.2 Å². The highest BCUT2D eigenvalue weighted by atomic mass is 127. The van der Waals surface area contributed by atoms with Gasteiger partial charge in [-0.25, -0.2) is 0 Å². The molecule has 0 spiro atoms. The van der Waals surface area contributed by atoms with Gasteiger partial charge in [-0.05, 0) is 19.1 Å². The Labute approximate surface area is 154 Å². The lowest BCUT2D eigenvalue weighted by atomic mass is 10.2. The Morgan fingerprint density at radius 2 is 2.09 bits per heavy atom. The van der Waals surface area contributed by atoms with Gasteiger partial charge in [0.1, 0.15) is 5.75 Å². The first-order chi connectivity index (χ1) is 10.8. The van der Waals surface area contributed by atoms with Gasteiger partial charge >= 0.3 is 0 Å². The maximum Gasteiger partial charge on any atom is 0.191 e. The molecule has 0 aliphatic rings. The molecule has 0 aliphatic heterocycles. The zero-order valence-corrected chi connectivity index (χ0v) is 15.9. The van der Waals surface area contributed by atoms with Crippen molar-refractivity contribution in [1.82, 2.24) is 20.4 Å². The van der Waals surface area contributed by atoms with Gasteiger partial charge in [0.05, 0.1) is 13.2 Å². The minimum absolute atomic E-state index is 0. The van der Waals surface area contributed by atoms with Crippen molar-refractivity contribution in [2.45, 2.75) is 20.0 Å². The molecule has 126 valence electrons. The molecule has 2 N–H and O–H groups in total. The summed E-state index contributed by atoms with van der Waals surface area (Å²) in [5.74, 6) is 1.67. The van der Waals surface area contributed by atoms with Crippen molar-refractivity contribution in [3.8, 4) is 5.75 Å². The van der Waals surface area contributed by atoms with E-state index >= 15 is 0 Å². The Morgan fingerprint density at radius 3 is 2.78 bits per heavy atom. The van der Waals surface area contributed by atoms with Crippen molar-refractivity contribution in [1.29, 1.82) is 0 Å². The van der Waals surface area contributed by atoms with Crippen LogP contribution >= 0.6 is 24.0 Å². The number of para-hydroxylation sites is 1. The molecule has 0 fully saturated rings. The predicted octanol–water partition coefficient (Wildman–Crippen LogP) is 2.27. The van der Waals surface area contributed by atoms with Crippen LogP contribution in [0.5, 0.6) is 5.75 Å². The second-order valence-electron chi connectivity index (χ2n) is 4.66. The molecule has 6 nitrogen and oxygen atoms in total. The molecule has 7 heteroatoms. The van der Waals surface area contributed by atoms with E-state index in [2.05, 4.69) is 26.8 Å². The van der Waals surface area contributed by atoms with Crippen LogP contribution in [0.3, 0.4) is 0 Å². The third-order valence-electron chi connectivity index (χ3n) is 3.13. The van der Waals surface area contributed by atoms with Gasteiger partial charge in [0, 0.05) is 38.1 Å². The number of benzene rings is 1. The molecule has 2 rings (SSSR count). The first kappa shape index (κ1) is 19.3. The summed E-state index contributed by atoms with van der Waals surface area (Å²) in [5.41, 5.74) is 1.11. The number of ether oxygens (including phenoxy) is 1. The average Bonchev–Trinajstić information content (AvgIpc) is 3.05. The fourth-order valence-electron chi connectivity index (χ4n) is 2.07. The van der Waals surface area contributed by atoms with Crippen molar-refractivity contribution >= 4 is 29.9 Å². The van der Waals surface area contributed by atoms with Crippen LogP contribution in [0.1, 0.15) is 12.5 Å². The highest BCUT2D eigenvalue weighted by Crippen LogP contribution is 2.17. The number of nitrogens with one attached hydrogen (secondary N) is 2. The highest BCUT2D eigenvalue weighted by Gasteiger charge is 2.03. The molecular weight excluding hydrogens is 405 g/mol. The molecule has 0 atom stereocenters. The monoisotopic (exact) mass is 429 g/mol. The van der Waals surface area contributed by atoms with E-state index in [-0.39, 0.29) is 24.0 Å². The van der Waals surface area contributed by atoms with Crippen molar-refractivity contribution < 1.29 is 4.74 Å². The summed E-state index contributed by atoms with van der Waals surface area (Å²) in [6, 6.07) is 9.93. The number of hydrogen-bond acceptors (Lipinski definition) is 3. The third kappa shape index (κ3) is 6.47. The molecule has 0 saturated carbocycles. The van der Waals surface area contributed by atoms with Gasteiger partial charge in [0.15, 0.2) is 5.96 Å². The summed E-state index contributed by atoms with van der Waals surface area (Å²) in [4.78, 5) is 4.22. The predicted molar refractivity (Wildman–Crippen MR) is 103 cm³/mol. The first-order valence-corrected chi connectivity index (χ1v) is 7.46. The van der Waals surface area contributed by atoms with Crippen LogP contribution in [0.4, 0.5) is 0 Å². The lowest BCUT2D eigenvalue weighted by molar-refractivity contribution is 0.336. The summed E-state index contributed by atoms with van der Waals surface area (Å²) in [6.45, 7) is 4.86. The van der Waals surface area contributed by atoms with Crippen LogP contribution in [0.15, 0.2) is 47.7 Å². The van der Waals surface area contributed by atoms with Gasteiger partial charge in [-0.15, -0.1) is 24.0 Å². The maximum absolute atomic E-state index is 5.62. The van der Waals surface area contributed by atoms with Gasteiger partial charge in [-0.3, -0.25) is 9.67 Å². The number of aliphatic imine (C=N–C) groups is 1. The van der Waals surface area contributed by atoms with E-state index in [0.717, 1.165) is 30.4 Å². The van der Waals surface area contributed by atoms with Crippen LogP contribution in [0.2, 0.25) is 0 Å². The molecule has 0 amide bonds. The van der Waals surface area contributed by atoms with Crippen LogP contribution in [0, 0.1) is 0 Å². The lowest BCUT2D eigenvalue weighted by Gasteiger charge is -2.14. The minimum atomic E-state index is 0. The fourth-order valence-corrected chi connectivity index (χ4v) is 2.07. The fraction of sp³-hybridized carbons (Fsp3) is 0.375. The molecule has 0 aliphatic carbocycles. The standard InChI is InChI=1S/C16H23N5O.HI/c1-3-22-15-8-5-4-7-14(15)13-19-16(17-2)18-10-12-21-11-6-9-20-21;/h4-9,11H,3,10,12-13H2,1-2H3,(H2,17,18,19);1H. The average molecular weight is 429 g/mol. The van der Waals surface area contributed by atoms with Crippen LogP contribution < -0.4 is 15.4 Å². The number of rotatable bonds is 7. The molecule has 0 unspecified atom stereocenters. The highest BCUT2D eigenvalue weighted by molar-refractivity contribution is 14.0. The Morgan fingerprint density at radius 1 is 1.26 bits per heavy atom. The van der Waals surface area contributed by atoms with E-state index in [1.165, 1.54) is 0 Å². The lowest BCUT2D eigenvalue weighted by Crippen LogP contribution is -2.38. The molecular formula is C16H24IN5O. The SMILES string of the molecule is CCOc1ccccc1CNC(=NC)NCCn1cccn1.I. The number of guanidine groups is 1. The summed E-state index contributed by atoms with van der Waals surface area (Å²) in [7, 11) is 1.76. The molecule has 0 radical (unpaired) electrons. The van der Waals surface area contributed by atoms with E-state index in [4.69, 9.17) is 4.74 Å². The second kappa shape index (κ2) is 10.9. The van der Waals surface area contributed by atoms with E-state index in [1.54, 1.807) is 13.2 Å².